The lowest BCUT2D eigenvalue weighted by Gasteiger charge is -2.09. The summed E-state index contributed by atoms with van der Waals surface area (Å²) in [6.45, 7) is 3.32. The molecule has 0 fully saturated rings. The molecule has 4 rings (SSSR count). The predicted octanol–water partition coefficient (Wildman–Crippen LogP) is 3.52. The van der Waals surface area contributed by atoms with Crippen LogP contribution in [0, 0.1) is 6.92 Å². The van der Waals surface area contributed by atoms with Gasteiger partial charge < -0.3 is 14.3 Å². The van der Waals surface area contributed by atoms with Gasteiger partial charge in [0.05, 0.1) is 0 Å². The molecule has 1 aromatic carbocycles. The van der Waals surface area contributed by atoms with Crippen LogP contribution in [0.4, 0.5) is 0 Å². The lowest BCUT2D eigenvalue weighted by atomic mass is 10.2. The highest BCUT2D eigenvalue weighted by molar-refractivity contribution is 5.95. The number of hydrogen-bond donors (Lipinski definition) is 1. The van der Waals surface area contributed by atoms with Crippen LogP contribution in [0.5, 0.6) is 0 Å². The third-order valence-corrected chi connectivity index (χ3v) is 4.15. The van der Waals surface area contributed by atoms with Gasteiger partial charge in [0.25, 0.3) is 5.91 Å². The van der Waals surface area contributed by atoms with E-state index in [2.05, 4.69) is 40.0 Å². The minimum absolute atomic E-state index is 0.220. The van der Waals surface area contributed by atoms with Crippen LogP contribution in [0.3, 0.4) is 0 Å². The molecule has 3 heterocycles. The summed E-state index contributed by atoms with van der Waals surface area (Å²) in [6.07, 6.45) is 1.68. The van der Waals surface area contributed by atoms with Crippen molar-refractivity contribution in [2.45, 2.75) is 13.5 Å². The molecule has 0 atom stereocenters. The van der Waals surface area contributed by atoms with Gasteiger partial charge in [-0.05, 0) is 36.6 Å². The van der Waals surface area contributed by atoms with E-state index in [0.717, 1.165) is 0 Å². The van der Waals surface area contributed by atoms with Crippen molar-refractivity contribution in [1.29, 1.82) is 0 Å². The minimum atomic E-state index is -0.220. The summed E-state index contributed by atoms with van der Waals surface area (Å²) < 4.78 is 7.73. The molecule has 0 spiro atoms. The molecular weight excluding hydrogens is 302 g/mol. The zero-order chi connectivity index (χ0) is 16.5. The van der Waals surface area contributed by atoms with Gasteiger partial charge in [-0.15, -0.1) is 0 Å². The molecule has 0 unspecified atom stereocenters. The number of para-hydroxylation sites is 1. The number of aryl methyl sites for hydroxylation is 1. The topological polar surface area (TPSA) is 60.1 Å². The van der Waals surface area contributed by atoms with Crippen molar-refractivity contribution in [2.75, 3.05) is 6.54 Å². The fraction of sp³-hybridized carbons (Fsp3) is 0.158. The summed E-state index contributed by atoms with van der Waals surface area (Å²) in [7, 11) is 0. The lowest BCUT2D eigenvalue weighted by Crippen LogP contribution is -2.27. The fourth-order valence-electron chi connectivity index (χ4n) is 2.99. The number of pyridine rings is 1. The van der Waals surface area contributed by atoms with Crippen molar-refractivity contribution in [2.24, 2.45) is 0 Å². The second-order valence-electron chi connectivity index (χ2n) is 5.75. The minimum Gasteiger partial charge on any atom is -0.449 e. The zero-order valence-corrected chi connectivity index (χ0v) is 13.3. The first kappa shape index (κ1) is 14.5. The Labute approximate surface area is 138 Å². The van der Waals surface area contributed by atoms with E-state index in [0.29, 0.717) is 24.2 Å². The van der Waals surface area contributed by atoms with Crippen molar-refractivity contribution in [1.82, 2.24) is 14.9 Å². The van der Waals surface area contributed by atoms with Crippen LogP contribution in [0.25, 0.3) is 22.0 Å². The maximum absolute atomic E-state index is 12.2. The monoisotopic (exact) mass is 319 g/mol. The van der Waals surface area contributed by atoms with Gasteiger partial charge in [0.15, 0.2) is 11.3 Å². The van der Waals surface area contributed by atoms with Crippen molar-refractivity contribution in [3.8, 4) is 0 Å². The largest absolute Gasteiger partial charge is 0.449 e. The molecule has 1 amide bonds. The molecule has 0 saturated heterocycles. The molecule has 120 valence electrons. The summed E-state index contributed by atoms with van der Waals surface area (Å²) in [5.41, 5.74) is 3.67. The van der Waals surface area contributed by atoms with Gasteiger partial charge in [-0.25, -0.2) is 0 Å². The number of nitrogens with zero attached hydrogens (tertiary/aromatic N) is 2. The molecule has 4 aromatic rings. The van der Waals surface area contributed by atoms with Crippen LogP contribution < -0.4 is 5.32 Å². The highest BCUT2D eigenvalue weighted by Crippen LogP contribution is 2.19. The van der Waals surface area contributed by atoms with Crippen molar-refractivity contribution in [3.63, 3.8) is 0 Å². The second kappa shape index (κ2) is 5.85. The number of aromatic nitrogens is 2. The second-order valence-corrected chi connectivity index (χ2v) is 5.75. The molecule has 0 saturated carbocycles. The van der Waals surface area contributed by atoms with E-state index in [1.54, 1.807) is 24.4 Å². The van der Waals surface area contributed by atoms with Gasteiger partial charge in [-0.1, -0.05) is 18.2 Å². The van der Waals surface area contributed by atoms with E-state index < -0.39 is 0 Å². The van der Waals surface area contributed by atoms with Gasteiger partial charge in [0, 0.05) is 36.6 Å². The third kappa shape index (κ3) is 2.54. The Morgan fingerprint density at radius 3 is 2.96 bits per heavy atom. The number of hydrogen-bond acceptors (Lipinski definition) is 3. The summed E-state index contributed by atoms with van der Waals surface area (Å²) >= 11 is 0. The van der Waals surface area contributed by atoms with Crippen LogP contribution in [-0.4, -0.2) is 22.0 Å². The maximum Gasteiger partial charge on any atom is 0.287 e. The molecule has 5 nitrogen and oxygen atoms in total. The molecular formula is C19H17N3O2. The van der Waals surface area contributed by atoms with Gasteiger partial charge in [-0.3, -0.25) is 9.78 Å². The fourth-order valence-corrected chi connectivity index (χ4v) is 2.99. The van der Waals surface area contributed by atoms with E-state index in [1.165, 1.54) is 16.6 Å². The maximum atomic E-state index is 12.2. The van der Waals surface area contributed by atoms with Gasteiger partial charge in [0.2, 0.25) is 0 Å². The number of fused-ring (bicyclic) bond motifs is 2. The van der Waals surface area contributed by atoms with Crippen LogP contribution >= 0.6 is 0 Å². The molecule has 0 aliphatic carbocycles. The Kier molecular flexibility index (Phi) is 3.54. The Morgan fingerprint density at radius 1 is 1.21 bits per heavy atom. The smallest absolute Gasteiger partial charge is 0.287 e. The number of carbonyl (C=O) groups excluding carboxylic acids is 1. The average molecular weight is 319 g/mol. The number of carbonyl (C=O) groups is 1. The molecule has 5 heteroatoms. The zero-order valence-electron chi connectivity index (χ0n) is 13.3. The first-order valence-corrected chi connectivity index (χ1v) is 7.90. The standard InChI is InChI=1S/C19H17N3O2/c1-13-11-14-5-2-3-6-16(14)22(13)10-9-21-19(23)18-12-15-17(24-18)7-4-8-20-15/h2-8,11-12H,9-10H2,1H3,(H,21,23). The van der Waals surface area contributed by atoms with Crippen LogP contribution in [0.15, 0.2) is 59.1 Å². The van der Waals surface area contributed by atoms with Gasteiger partial charge in [0.1, 0.15) is 5.52 Å². The summed E-state index contributed by atoms with van der Waals surface area (Å²) in [4.78, 5) is 16.4. The first-order chi connectivity index (χ1) is 11.7. The van der Waals surface area contributed by atoms with E-state index in [4.69, 9.17) is 4.42 Å². The van der Waals surface area contributed by atoms with Gasteiger partial charge >= 0.3 is 0 Å². The van der Waals surface area contributed by atoms with Gasteiger partial charge in [-0.2, -0.15) is 0 Å². The third-order valence-electron chi connectivity index (χ3n) is 4.15. The molecule has 0 aliphatic rings. The SMILES string of the molecule is Cc1cc2ccccc2n1CCNC(=O)c1cc2ncccc2o1. The Morgan fingerprint density at radius 2 is 2.08 bits per heavy atom. The van der Waals surface area contributed by atoms with E-state index in [1.807, 2.05) is 12.1 Å². The Balaban J connectivity index is 1.46. The quantitative estimate of drug-likeness (QED) is 0.626. The summed E-state index contributed by atoms with van der Waals surface area (Å²) in [5, 5.41) is 4.12. The molecule has 0 aliphatic heterocycles. The number of amides is 1. The lowest BCUT2D eigenvalue weighted by molar-refractivity contribution is 0.0927. The average Bonchev–Trinajstić information content (AvgIpc) is 3.16. The van der Waals surface area contributed by atoms with E-state index >= 15 is 0 Å². The molecule has 0 bridgehead atoms. The number of nitrogens with one attached hydrogen (secondary N) is 1. The number of rotatable bonds is 4. The van der Waals surface area contributed by atoms with Crippen LogP contribution in [0.1, 0.15) is 16.2 Å². The Hall–Kier alpha value is -3.08. The predicted molar refractivity (Wildman–Crippen MR) is 93.0 cm³/mol. The number of benzene rings is 1. The Bertz CT molecular complexity index is 996. The highest BCUT2D eigenvalue weighted by atomic mass is 16.3. The summed E-state index contributed by atoms with van der Waals surface area (Å²) in [6, 6.07) is 15.7. The first-order valence-electron chi connectivity index (χ1n) is 7.90. The van der Waals surface area contributed by atoms with Crippen molar-refractivity contribution >= 4 is 27.9 Å². The van der Waals surface area contributed by atoms with E-state index in [-0.39, 0.29) is 11.7 Å². The van der Waals surface area contributed by atoms with E-state index in [9.17, 15) is 4.79 Å². The molecule has 3 aromatic heterocycles. The highest BCUT2D eigenvalue weighted by Gasteiger charge is 2.12. The molecule has 0 radical (unpaired) electrons. The normalized spacial score (nSPS) is 11.2. The van der Waals surface area contributed by atoms with Crippen molar-refractivity contribution in [3.05, 3.63) is 66.2 Å². The summed E-state index contributed by atoms with van der Waals surface area (Å²) in [5.74, 6) is 0.0694. The van der Waals surface area contributed by atoms with Crippen LogP contribution in [-0.2, 0) is 6.54 Å². The number of furan rings is 1. The van der Waals surface area contributed by atoms with Crippen molar-refractivity contribution < 1.29 is 9.21 Å². The molecule has 24 heavy (non-hydrogen) atoms. The molecule has 1 N–H and O–H groups in total. The van der Waals surface area contributed by atoms with Crippen LogP contribution in [0.2, 0.25) is 0 Å².